The van der Waals surface area contributed by atoms with Gasteiger partial charge in [-0.25, -0.2) is 0 Å². The van der Waals surface area contributed by atoms with Crippen LogP contribution in [0.4, 0.5) is 0 Å². The first-order chi connectivity index (χ1) is 8.17. The molecule has 1 aliphatic heterocycles. The monoisotopic (exact) mass is 301 g/mol. The molecule has 1 N–H and O–H groups in total. The second-order valence-corrected chi connectivity index (χ2v) is 5.60. The van der Waals surface area contributed by atoms with Crippen LogP contribution in [0.3, 0.4) is 0 Å². The van der Waals surface area contributed by atoms with Crippen LogP contribution in [0.15, 0.2) is 21.2 Å². The Morgan fingerprint density at radius 2 is 2.35 bits per heavy atom. The fourth-order valence-electron chi connectivity index (χ4n) is 2.48. The van der Waals surface area contributed by atoms with Gasteiger partial charge in [-0.3, -0.25) is 0 Å². The van der Waals surface area contributed by atoms with Crippen LogP contribution in [-0.4, -0.2) is 18.8 Å². The Hall–Kier alpha value is -0.320. The molecule has 1 fully saturated rings. The van der Waals surface area contributed by atoms with Crippen LogP contribution in [0.1, 0.15) is 44.9 Å². The van der Waals surface area contributed by atoms with E-state index in [0.717, 1.165) is 36.2 Å². The second-order valence-electron chi connectivity index (χ2n) is 4.74. The third-order valence-corrected chi connectivity index (χ3v) is 4.08. The fraction of sp³-hybridized carbons (Fsp3) is 0.692. The summed E-state index contributed by atoms with van der Waals surface area (Å²) in [6.07, 6.45) is 5.16. The number of halogens is 1. The lowest BCUT2D eigenvalue weighted by molar-refractivity contribution is -0.0934. The van der Waals surface area contributed by atoms with Crippen molar-refractivity contribution in [1.29, 1.82) is 0 Å². The molecule has 0 radical (unpaired) electrons. The summed E-state index contributed by atoms with van der Waals surface area (Å²) in [6, 6.07) is 2.04. The lowest BCUT2D eigenvalue weighted by atomic mass is 9.86. The van der Waals surface area contributed by atoms with Crippen LogP contribution in [0.2, 0.25) is 0 Å². The minimum absolute atomic E-state index is 0.108. The predicted octanol–water partition coefficient (Wildman–Crippen LogP) is 3.65. The van der Waals surface area contributed by atoms with E-state index in [2.05, 4.69) is 35.1 Å². The fourth-order valence-corrected chi connectivity index (χ4v) is 2.91. The summed E-state index contributed by atoms with van der Waals surface area (Å²) in [5, 5.41) is 3.49. The Kier molecular flexibility index (Phi) is 4.28. The van der Waals surface area contributed by atoms with Crippen molar-refractivity contribution in [1.82, 2.24) is 5.32 Å². The Balaban J connectivity index is 2.25. The maximum absolute atomic E-state index is 6.02. The zero-order valence-electron chi connectivity index (χ0n) is 10.5. The van der Waals surface area contributed by atoms with Crippen LogP contribution in [0, 0.1) is 0 Å². The molecule has 0 aliphatic carbocycles. The molecule has 96 valence electrons. The maximum atomic E-state index is 6.02. The van der Waals surface area contributed by atoms with Crippen LogP contribution >= 0.6 is 15.9 Å². The molecule has 2 heterocycles. The molecule has 2 unspecified atom stereocenters. The smallest absolute Gasteiger partial charge is 0.137 e. The summed E-state index contributed by atoms with van der Waals surface area (Å²) in [6.45, 7) is 6.03. The molecule has 2 atom stereocenters. The summed E-state index contributed by atoms with van der Waals surface area (Å²) in [5.41, 5.74) is -0.172. The van der Waals surface area contributed by atoms with E-state index in [1.54, 1.807) is 6.26 Å². The molecule has 0 aromatic carbocycles. The molecule has 1 saturated heterocycles. The Morgan fingerprint density at radius 3 is 2.88 bits per heavy atom. The van der Waals surface area contributed by atoms with Gasteiger partial charge in [0.25, 0.3) is 0 Å². The Morgan fingerprint density at radius 1 is 1.53 bits per heavy atom. The average Bonchev–Trinajstić information content (AvgIpc) is 2.73. The first kappa shape index (κ1) is 13.1. The normalized spacial score (nSPS) is 27.0. The van der Waals surface area contributed by atoms with Crippen molar-refractivity contribution in [3.05, 3.63) is 22.6 Å². The van der Waals surface area contributed by atoms with Gasteiger partial charge >= 0.3 is 0 Å². The number of ether oxygens (including phenoxy) is 1. The van der Waals surface area contributed by atoms with Gasteiger partial charge in [0, 0.05) is 6.61 Å². The van der Waals surface area contributed by atoms with Crippen LogP contribution in [0.25, 0.3) is 0 Å². The van der Waals surface area contributed by atoms with Crippen molar-refractivity contribution in [2.45, 2.75) is 44.8 Å². The number of likely N-dealkylation sites (N-methyl/N-ethyl adjacent to an activating group) is 1. The largest absolute Gasteiger partial charge is 0.466 e. The number of hydrogen-bond acceptors (Lipinski definition) is 3. The number of hydrogen-bond donors (Lipinski definition) is 1. The van der Waals surface area contributed by atoms with E-state index in [4.69, 9.17) is 9.15 Å². The standard InChI is InChI=1S/C13H20BrNO2/c1-3-15-12(11-10(14)6-9-16-11)13(2)7-4-5-8-17-13/h6,9,12,15H,3-5,7-8H2,1-2H3. The molecule has 2 rings (SSSR count). The van der Waals surface area contributed by atoms with Crippen molar-refractivity contribution in [3.8, 4) is 0 Å². The maximum Gasteiger partial charge on any atom is 0.137 e. The molecular weight excluding hydrogens is 282 g/mol. The zero-order valence-corrected chi connectivity index (χ0v) is 12.0. The van der Waals surface area contributed by atoms with E-state index in [9.17, 15) is 0 Å². The average molecular weight is 302 g/mol. The molecule has 4 heteroatoms. The predicted molar refractivity (Wildman–Crippen MR) is 71.0 cm³/mol. The summed E-state index contributed by atoms with van der Waals surface area (Å²) < 4.78 is 12.6. The van der Waals surface area contributed by atoms with Gasteiger partial charge in [-0.15, -0.1) is 0 Å². The minimum Gasteiger partial charge on any atom is -0.466 e. The van der Waals surface area contributed by atoms with E-state index in [1.807, 2.05) is 6.07 Å². The van der Waals surface area contributed by atoms with E-state index in [0.29, 0.717) is 0 Å². The molecule has 0 saturated carbocycles. The number of furan rings is 1. The van der Waals surface area contributed by atoms with Crippen molar-refractivity contribution in [2.75, 3.05) is 13.2 Å². The molecule has 3 nitrogen and oxygen atoms in total. The number of nitrogens with one attached hydrogen (secondary N) is 1. The van der Waals surface area contributed by atoms with E-state index in [-0.39, 0.29) is 11.6 Å². The lowest BCUT2D eigenvalue weighted by Crippen LogP contribution is -2.45. The molecule has 0 amide bonds. The topological polar surface area (TPSA) is 34.4 Å². The summed E-state index contributed by atoms with van der Waals surface area (Å²) in [4.78, 5) is 0. The lowest BCUT2D eigenvalue weighted by Gasteiger charge is -2.40. The second kappa shape index (κ2) is 5.55. The highest BCUT2D eigenvalue weighted by molar-refractivity contribution is 9.10. The van der Waals surface area contributed by atoms with Gasteiger partial charge in [0.2, 0.25) is 0 Å². The van der Waals surface area contributed by atoms with Gasteiger partial charge in [-0.2, -0.15) is 0 Å². The summed E-state index contributed by atoms with van der Waals surface area (Å²) in [5.74, 6) is 0.941. The molecule has 17 heavy (non-hydrogen) atoms. The molecule has 1 aliphatic rings. The van der Waals surface area contributed by atoms with Crippen LogP contribution in [-0.2, 0) is 4.74 Å². The van der Waals surface area contributed by atoms with Gasteiger partial charge in [-0.1, -0.05) is 6.92 Å². The summed E-state index contributed by atoms with van der Waals surface area (Å²) in [7, 11) is 0. The number of rotatable bonds is 4. The minimum atomic E-state index is -0.172. The van der Waals surface area contributed by atoms with Crippen LogP contribution < -0.4 is 5.32 Å². The van der Waals surface area contributed by atoms with Crippen molar-refractivity contribution in [3.63, 3.8) is 0 Å². The molecule has 0 spiro atoms. The Bertz CT molecular complexity index is 358. The van der Waals surface area contributed by atoms with Gasteiger partial charge in [-0.05, 0) is 54.7 Å². The molecule has 1 aromatic heterocycles. The summed E-state index contributed by atoms with van der Waals surface area (Å²) >= 11 is 3.54. The van der Waals surface area contributed by atoms with E-state index < -0.39 is 0 Å². The van der Waals surface area contributed by atoms with Crippen molar-refractivity contribution >= 4 is 15.9 Å². The molecule has 1 aromatic rings. The SMILES string of the molecule is CCNC(c1occc1Br)C1(C)CCCCO1. The van der Waals surface area contributed by atoms with Gasteiger partial charge in [0.1, 0.15) is 5.76 Å². The highest BCUT2D eigenvalue weighted by atomic mass is 79.9. The van der Waals surface area contributed by atoms with Gasteiger partial charge in [0.15, 0.2) is 0 Å². The third-order valence-electron chi connectivity index (χ3n) is 3.43. The van der Waals surface area contributed by atoms with E-state index >= 15 is 0 Å². The van der Waals surface area contributed by atoms with Crippen LogP contribution in [0.5, 0.6) is 0 Å². The third kappa shape index (κ3) is 2.75. The molecular formula is C13H20BrNO2. The van der Waals surface area contributed by atoms with Crippen molar-refractivity contribution < 1.29 is 9.15 Å². The first-order valence-corrected chi connectivity index (χ1v) is 7.07. The van der Waals surface area contributed by atoms with Crippen molar-refractivity contribution in [2.24, 2.45) is 0 Å². The zero-order chi connectivity index (χ0) is 12.3. The first-order valence-electron chi connectivity index (χ1n) is 6.27. The van der Waals surface area contributed by atoms with Gasteiger partial charge < -0.3 is 14.5 Å². The Labute approximate surface area is 111 Å². The highest BCUT2D eigenvalue weighted by Crippen LogP contribution is 2.39. The highest BCUT2D eigenvalue weighted by Gasteiger charge is 2.39. The van der Waals surface area contributed by atoms with E-state index in [1.165, 1.54) is 6.42 Å². The van der Waals surface area contributed by atoms with Gasteiger partial charge in [0.05, 0.1) is 22.4 Å². The molecule has 0 bridgehead atoms. The quantitative estimate of drug-likeness (QED) is 0.922.